The van der Waals surface area contributed by atoms with Crippen molar-refractivity contribution in [2.75, 3.05) is 12.4 Å². The molecule has 250 valence electrons. The molecule has 3 aliphatic carbocycles. The van der Waals surface area contributed by atoms with E-state index in [1.54, 1.807) is 6.92 Å². The Balaban J connectivity index is 1.32. The monoisotopic (exact) mass is 670 g/mol. The van der Waals surface area contributed by atoms with Gasteiger partial charge in [0, 0.05) is 17.8 Å². The van der Waals surface area contributed by atoms with Crippen molar-refractivity contribution in [3.05, 3.63) is 47.8 Å². The lowest BCUT2D eigenvalue weighted by molar-refractivity contribution is -0.150. The number of fused-ring (bicyclic) bond motifs is 2. The Kier molecular flexibility index (Phi) is 9.01. The second-order valence-electron chi connectivity index (χ2n) is 12.5. The molecule has 10 nitrogen and oxygen atoms in total. The molecule has 0 aliphatic heterocycles. The Hall–Kier alpha value is -3.88. The zero-order valence-electron chi connectivity index (χ0n) is 25.0. The third-order valence-electron chi connectivity index (χ3n) is 9.58. The van der Waals surface area contributed by atoms with E-state index in [1.807, 2.05) is 0 Å². The quantitative estimate of drug-likeness (QED) is 0.304. The number of halogens is 4. The Bertz CT molecular complexity index is 1640. The Morgan fingerprint density at radius 3 is 2.30 bits per heavy atom. The SMILES string of the molecule is COc1cc(F)c(O[C@H]2CC[C@@](C)(C(=O)O)CC2)cc1C(=O)N[C@H]1[C@H]2CC[C@H](C2)[C@H]1C(=O)Nc1cccc(S(=O)(=O)C(F)(F)F)c1. The number of carboxylic acids is 1. The molecule has 0 heterocycles. The normalized spacial score (nSPS) is 27.6. The van der Waals surface area contributed by atoms with Crippen LogP contribution in [0, 0.1) is 29.0 Å². The van der Waals surface area contributed by atoms with Gasteiger partial charge in [-0.3, -0.25) is 14.4 Å². The van der Waals surface area contributed by atoms with Gasteiger partial charge in [0.25, 0.3) is 15.7 Å². The second-order valence-corrected chi connectivity index (χ2v) is 14.4. The summed E-state index contributed by atoms with van der Waals surface area (Å²) in [5.41, 5.74) is -6.59. The predicted octanol–water partition coefficient (Wildman–Crippen LogP) is 5.32. The molecule has 2 amide bonds. The minimum atomic E-state index is -5.63. The van der Waals surface area contributed by atoms with E-state index >= 15 is 4.39 Å². The van der Waals surface area contributed by atoms with Crippen molar-refractivity contribution in [2.45, 2.75) is 74.4 Å². The largest absolute Gasteiger partial charge is 0.501 e. The number of carbonyl (C=O) groups is 3. The Morgan fingerprint density at radius 2 is 1.67 bits per heavy atom. The molecule has 3 aliphatic rings. The zero-order chi connectivity index (χ0) is 33.6. The fourth-order valence-electron chi connectivity index (χ4n) is 6.92. The number of rotatable bonds is 9. The van der Waals surface area contributed by atoms with Crippen molar-refractivity contribution in [3.8, 4) is 11.5 Å². The summed E-state index contributed by atoms with van der Waals surface area (Å²) in [6, 6.07) is 5.44. The number of aliphatic carboxylic acids is 1. The first kappa shape index (κ1) is 33.5. The highest BCUT2D eigenvalue weighted by molar-refractivity contribution is 7.92. The van der Waals surface area contributed by atoms with Gasteiger partial charge in [0.2, 0.25) is 5.91 Å². The van der Waals surface area contributed by atoms with Crippen molar-refractivity contribution < 1.29 is 54.9 Å². The van der Waals surface area contributed by atoms with E-state index in [9.17, 15) is 41.1 Å². The summed E-state index contributed by atoms with van der Waals surface area (Å²) in [6.45, 7) is 1.65. The number of methoxy groups -OCH3 is 1. The van der Waals surface area contributed by atoms with Gasteiger partial charge in [0.15, 0.2) is 11.6 Å². The van der Waals surface area contributed by atoms with Crippen LogP contribution in [0.25, 0.3) is 0 Å². The van der Waals surface area contributed by atoms with Crippen LogP contribution in [0.2, 0.25) is 0 Å². The van der Waals surface area contributed by atoms with E-state index < -0.39 is 67.3 Å². The number of hydrogen-bond donors (Lipinski definition) is 3. The van der Waals surface area contributed by atoms with Crippen molar-refractivity contribution in [1.29, 1.82) is 0 Å². The molecule has 5 rings (SSSR count). The molecule has 4 atom stereocenters. The highest BCUT2D eigenvalue weighted by Crippen LogP contribution is 2.49. The van der Waals surface area contributed by atoms with Crippen molar-refractivity contribution in [2.24, 2.45) is 23.2 Å². The van der Waals surface area contributed by atoms with Gasteiger partial charge in [0.1, 0.15) is 5.75 Å². The van der Waals surface area contributed by atoms with Crippen molar-refractivity contribution in [1.82, 2.24) is 5.32 Å². The van der Waals surface area contributed by atoms with E-state index in [-0.39, 0.29) is 34.6 Å². The standard InChI is InChI=1S/C31H34F4N2O8S/c1-30(29(40)41)10-8-19(9-11-30)45-24-14-21(23(44-2)15-22(24)32)27(38)37-26-17-7-6-16(12-17)25(26)28(39)36-18-4-3-5-20(13-18)46(42,43)31(33,34)35/h3-5,13-17,19,25-26H,6-12H2,1-2H3,(H,36,39)(H,37,38)(H,40,41)/t16-,17+,19-,25-,26+,30+/m1/s1. The van der Waals surface area contributed by atoms with Crippen LogP contribution in [-0.2, 0) is 19.4 Å². The minimum absolute atomic E-state index is 0.0444. The molecule has 0 radical (unpaired) electrons. The first-order chi connectivity index (χ1) is 21.5. The molecule has 3 saturated carbocycles. The summed E-state index contributed by atoms with van der Waals surface area (Å²) in [7, 11) is -4.37. The van der Waals surface area contributed by atoms with Gasteiger partial charge in [0.05, 0.1) is 35.0 Å². The maximum atomic E-state index is 15.0. The molecule has 2 aromatic rings. The first-order valence-corrected chi connectivity index (χ1v) is 16.3. The fraction of sp³-hybridized carbons (Fsp3) is 0.516. The van der Waals surface area contributed by atoms with Crippen LogP contribution in [0.3, 0.4) is 0 Å². The smallest absolute Gasteiger partial charge is 0.496 e. The highest BCUT2D eigenvalue weighted by Gasteiger charge is 2.52. The van der Waals surface area contributed by atoms with Gasteiger partial charge >= 0.3 is 11.5 Å². The fourth-order valence-corrected chi connectivity index (χ4v) is 7.72. The molecule has 0 aromatic heterocycles. The van der Waals surface area contributed by atoms with Gasteiger partial charge in [-0.05, 0) is 88.0 Å². The average molecular weight is 671 g/mol. The molecule has 15 heteroatoms. The first-order valence-electron chi connectivity index (χ1n) is 14.8. The number of hydrogen-bond acceptors (Lipinski definition) is 7. The summed E-state index contributed by atoms with van der Waals surface area (Å²) in [4.78, 5) is 37.6. The lowest BCUT2D eigenvalue weighted by Crippen LogP contribution is -2.48. The van der Waals surface area contributed by atoms with Crippen LogP contribution in [0.5, 0.6) is 11.5 Å². The van der Waals surface area contributed by atoms with Crippen LogP contribution in [0.4, 0.5) is 23.2 Å². The Morgan fingerprint density at radius 1 is 1.00 bits per heavy atom. The maximum absolute atomic E-state index is 15.0. The Labute approximate surface area is 262 Å². The third-order valence-corrected chi connectivity index (χ3v) is 11.1. The summed E-state index contributed by atoms with van der Waals surface area (Å²) in [6.07, 6.45) is 3.02. The van der Waals surface area contributed by atoms with E-state index in [0.29, 0.717) is 38.5 Å². The molecular formula is C31H34F4N2O8S. The van der Waals surface area contributed by atoms with Gasteiger partial charge in [-0.25, -0.2) is 12.8 Å². The molecule has 3 fully saturated rings. The molecule has 0 saturated heterocycles. The van der Waals surface area contributed by atoms with E-state index in [4.69, 9.17) is 9.47 Å². The number of ether oxygens (including phenoxy) is 2. The molecule has 2 bridgehead atoms. The van der Waals surface area contributed by atoms with Crippen LogP contribution in [0.15, 0.2) is 41.3 Å². The van der Waals surface area contributed by atoms with Gasteiger partial charge in [-0.15, -0.1) is 0 Å². The number of anilines is 1. The van der Waals surface area contributed by atoms with Gasteiger partial charge < -0.3 is 25.2 Å². The number of alkyl halides is 3. The molecule has 3 N–H and O–H groups in total. The number of carboxylic acid groups (broad SMARTS) is 1. The van der Waals surface area contributed by atoms with Crippen LogP contribution >= 0.6 is 0 Å². The summed E-state index contributed by atoms with van der Waals surface area (Å²) in [5, 5.41) is 14.9. The summed E-state index contributed by atoms with van der Waals surface area (Å²) in [5.74, 6) is -4.16. The van der Waals surface area contributed by atoms with Gasteiger partial charge in [-0.2, -0.15) is 13.2 Å². The average Bonchev–Trinajstić information content (AvgIpc) is 3.60. The molecule has 0 spiro atoms. The second kappa shape index (κ2) is 12.4. The molecule has 2 aromatic carbocycles. The lowest BCUT2D eigenvalue weighted by Gasteiger charge is -2.34. The summed E-state index contributed by atoms with van der Waals surface area (Å²) < 4.78 is 89.1. The number of benzene rings is 2. The van der Waals surface area contributed by atoms with Crippen LogP contribution < -0.4 is 20.1 Å². The minimum Gasteiger partial charge on any atom is -0.496 e. The topological polar surface area (TPSA) is 148 Å². The highest BCUT2D eigenvalue weighted by atomic mass is 32.2. The predicted molar refractivity (Wildman–Crippen MR) is 155 cm³/mol. The van der Waals surface area contributed by atoms with E-state index in [2.05, 4.69) is 10.6 Å². The lowest BCUT2D eigenvalue weighted by atomic mass is 9.75. The third kappa shape index (κ3) is 6.38. The van der Waals surface area contributed by atoms with Crippen molar-refractivity contribution >= 4 is 33.3 Å². The molecule has 0 unspecified atom stereocenters. The number of nitrogens with one attached hydrogen (secondary N) is 2. The zero-order valence-corrected chi connectivity index (χ0v) is 25.8. The number of sulfone groups is 1. The number of amides is 2. The number of carbonyl (C=O) groups excluding carboxylic acids is 2. The van der Waals surface area contributed by atoms with Crippen molar-refractivity contribution in [3.63, 3.8) is 0 Å². The van der Waals surface area contributed by atoms with E-state index in [1.165, 1.54) is 19.2 Å². The van der Waals surface area contributed by atoms with Gasteiger partial charge in [-0.1, -0.05) is 6.07 Å². The van der Waals surface area contributed by atoms with Crippen LogP contribution in [-0.4, -0.2) is 56.1 Å². The van der Waals surface area contributed by atoms with Crippen LogP contribution in [0.1, 0.15) is 62.2 Å². The molecule has 46 heavy (non-hydrogen) atoms. The maximum Gasteiger partial charge on any atom is 0.501 e. The summed E-state index contributed by atoms with van der Waals surface area (Å²) >= 11 is 0. The molecular weight excluding hydrogens is 636 g/mol. The van der Waals surface area contributed by atoms with E-state index in [0.717, 1.165) is 30.7 Å².